The highest BCUT2D eigenvalue weighted by molar-refractivity contribution is 5.77. The number of rotatable bonds is 8. The number of carbonyl (C=O) groups excluding carboxylic acids is 1. The summed E-state index contributed by atoms with van der Waals surface area (Å²) in [4.78, 5) is 17.8. The highest BCUT2D eigenvalue weighted by atomic mass is 19.4. The van der Waals surface area contributed by atoms with Crippen LogP contribution in [-0.4, -0.2) is 37.0 Å². The Bertz CT molecular complexity index is 1670. The third-order valence-corrected chi connectivity index (χ3v) is 7.37. The number of hydrogen-bond donors (Lipinski definition) is 4. The van der Waals surface area contributed by atoms with Crippen molar-refractivity contribution in [2.45, 2.75) is 56.8 Å². The molecular formula is C30H27F6N5O3. The van der Waals surface area contributed by atoms with Gasteiger partial charge >= 0.3 is 6.18 Å². The van der Waals surface area contributed by atoms with Crippen molar-refractivity contribution >= 4 is 5.91 Å². The van der Waals surface area contributed by atoms with Crippen LogP contribution in [0, 0.1) is 17.5 Å². The van der Waals surface area contributed by atoms with Crippen LogP contribution >= 0.6 is 0 Å². The minimum atomic E-state index is -4.80. The Hall–Kier alpha value is -4.27. The smallest absolute Gasteiger partial charge is 0.393 e. The molecule has 232 valence electrons. The van der Waals surface area contributed by atoms with Crippen LogP contribution < -0.4 is 11.1 Å². The van der Waals surface area contributed by atoms with Crippen molar-refractivity contribution in [2.24, 2.45) is 5.73 Å². The zero-order valence-corrected chi connectivity index (χ0v) is 23.0. The zero-order valence-electron chi connectivity index (χ0n) is 23.0. The number of pyridine rings is 1. The highest BCUT2D eigenvalue weighted by Gasteiger charge is 2.41. The van der Waals surface area contributed by atoms with Crippen molar-refractivity contribution < 1.29 is 41.4 Å². The molecule has 2 heterocycles. The van der Waals surface area contributed by atoms with Crippen molar-refractivity contribution in [1.29, 1.82) is 0 Å². The number of alkyl halides is 3. The molecule has 0 saturated heterocycles. The zero-order chi connectivity index (χ0) is 31.8. The van der Waals surface area contributed by atoms with Gasteiger partial charge in [-0.2, -0.15) is 18.3 Å². The lowest BCUT2D eigenvalue weighted by molar-refractivity contribution is -0.142. The first kappa shape index (κ1) is 31.2. The fraction of sp³-hybridized carbons (Fsp3) is 0.300. The molecular weight excluding hydrogens is 592 g/mol. The number of hydrogen-bond acceptors (Lipinski definition) is 6. The first-order valence-corrected chi connectivity index (χ1v) is 13.6. The predicted molar refractivity (Wildman–Crippen MR) is 145 cm³/mol. The molecule has 0 bridgehead atoms. The van der Waals surface area contributed by atoms with Gasteiger partial charge in [0.1, 0.15) is 30.2 Å². The largest absolute Gasteiger partial charge is 0.435 e. The number of aliphatic hydroxyl groups excluding tert-OH is 2. The molecule has 0 fully saturated rings. The first-order chi connectivity index (χ1) is 20.8. The number of carbonyl (C=O) groups is 1. The molecule has 2 aromatic carbocycles. The van der Waals surface area contributed by atoms with Gasteiger partial charge < -0.3 is 21.3 Å². The summed E-state index contributed by atoms with van der Waals surface area (Å²) in [5, 5.41) is 26.1. The Morgan fingerprint density at radius 3 is 2.52 bits per heavy atom. The van der Waals surface area contributed by atoms with Gasteiger partial charge in [0.15, 0.2) is 5.69 Å². The summed E-state index contributed by atoms with van der Waals surface area (Å²) in [7, 11) is 0. The molecule has 14 heteroatoms. The molecule has 2 aromatic heterocycles. The van der Waals surface area contributed by atoms with Crippen molar-refractivity contribution in [3.63, 3.8) is 0 Å². The van der Waals surface area contributed by atoms with E-state index >= 15 is 0 Å². The Balaban J connectivity index is 1.52. The molecule has 0 aliphatic heterocycles. The summed E-state index contributed by atoms with van der Waals surface area (Å²) >= 11 is 0. The van der Waals surface area contributed by atoms with Crippen LogP contribution in [0.1, 0.15) is 52.5 Å². The topological polar surface area (TPSA) is 126 Å². The summed E-state index contributed by atoms with van der Waals surface area (Å²) in [6.07, 6.45) is -6.19. The second-order valence-corrected chi connectivity index (χ2v) is 10.5. The Morgan fingerprint density at radius 2 is 1.84 bits per heavy atom. The number of nitrogens with two attached hydrogens (primary N) is 1. The maximum absolute atomic E-state index is 14.3. The number of aliphatic hydroxyl groups is 2. The SMILES string of the molecule is NC(O)c1cc(-c2cccnc2[C@H](Cc2cc(F)cc(F)c2)NC(=O)Cn2nc(C(F)(F)F)c3c2CC[C@H](O)C3)ccc1F. The van der Waals surface area contributed by atoms with E-state index in [1.54, 1.807) is 12.1 Å². The second-order valence-electron chi connectivity index (χ2n) is 10.5. The van der Waals surface area contributed by atoms with Crippen LogP contribution in [0.5, 0.6) is 0 Å². The minimum absolute atomic E-state index is 0.0726. The highest BCUT2D eigenvalue weighted by Crippen LogP contribution is 2.36. The maximum atomic E-state index is 14.3. The molecule has 1 unspecified atom stereocenters. The van der Waals surface area contributed by atoms with Crippen molar-refractivity contribution in [1.82, 2.24) is 20.1 Å². The molecule has 1 aliphatic rings. The number of nitrogens with zero attached hydrogens (tertiary/aromatic N) is 3. The van der Waals surface area contributed by atoms with Gasteiger partial charge in [-0.1, -0.05) is 12.1 Å². The van der Waals surface area contributed by atoms with Gasteiger partial charge in [0, 0.05) is 41.1 Å². The van der Waals surface area contributed by atoms with E-state index in [4.69, 9.17) is 5.73 Å². The Labute approximate surface area is 247 Å². The second kappa shape index (κ2) is 12.4. The normalized spacial score (nSPS) is 16.3. The quantitative estimate of drug-likeness (QED) is 0.172. The van der Waals surface area contributed by atoms with Gasteiger partial charge in [0.05, 0.1) is 17.8 Å². The van der Waals surface area contributed by atoms with E-state index in [-0.39, 0.29) is 53.8 Å². The van der Waals surface area contributed by atoms with Crippen molar-refractivity contribution in [3.8, 4) is 11.1 Å². The number of amides is 1. The van der Waals surface area contributed by atoms with Gasteiger partial charge in [0.25, 0.3) is 0 Å². The van der Waals surface area contributed by atoms with E-state index in [2.05, 4.69) is 15.4 Å². The molecule has 5 N–H and O–H groups in total. The predicted octanol–water partition coefficient (Wildman–Crippen LogP) is 4.28. The summed E-state index contributed by atoms with van der Waals surface area (Å²) in [5.41, 5.74) is 5.17. The lowest BCUT2D eigenvalue weighted by Gasteiger charge is -2.23. The average molecular weight is 620 g/mol. The molecule has 44 heavy (non-hydrogen) atoms. The van der Waals surface area contributed by atoms with Gasteiger partial charge in [-0.05, 0) is 60.7 Å². The third kappa shape index (κ3) is 6.77. The summed E-state index contributed by atoms with van der Waals surface area (Å²) in [5.74, 6) is -3.26. The van der Waals surface area contributed by atoms with Crippen LogP contribution in [0.15, 0.2) is 54.7 Å². The molecule has 0 saturated carbocycles. The van der Waals surface area contributed by atoms with Crippen LogP contribution in [0.2, 0.25) is 0 Å². The van der Waals surface area contributed by atoms with Gasteiger partial charge in [-0.25, -0.2) is 13.2 Å². The van der Waals surface area contributed by atoms with Crippen molar-refractivity contribution in [3.05, 3.63) is 106 Å². The number of nitrogens with one attached hydrogen (secondary N) is 1. The number of aromatic nitrogens is 3. The van der Waals surface area contributed by atoms with Crippen LogP contribution in [-0.2, 0) is 36.8 Å². The number of halogens is 6. The molecule has 4 aromatic rings. The summed E-state index contributed by atoms with van der Waals surface area (Å²) in [6.45, 7) is -0.620. The van der Waals surface area contributed by atoms with E-state index in [1.807, 2.05) is 0 Å². The van der Waals surface area contributed by atoms with E-state index < -0.39 is 60.1 Å². The van der Waals surface area contributed by atoms with Crippen LogP contribution in [0.4, 0.5) is 26.3 Å². The Morgan fingerprint density at radius 1 is 1.11 bits per heavy atom. The third-order valence-electron chi connectivity index (χ3n) is 7.37. The minimum Gasteiger partial charge on any atom is -0.393 e. The van der Waals surface area contributed by atoms with E-state index in [0.29, 0.717) is 17.2 Å². The van der Waals surface area contributed by atoms with Crippen molar-refractivity contribution in [2.75, 3.05) is 0 Å². The fourth-order valence-electron chi connectivity index (χ4n) is 5.46. The summed E-state index contributed by atoms with van der Waals surface area (Å²) in [6, 6.07) is 8.67. The molecule has 0 spiro atoms. The standard InChI is InChI=1S/C30H27F6N5O3/c31-17-8-15(9-18(32)12-17)10-24(27-20(2-1-7-38-27)16-3-5-23(33)21(11-16)29(37)44)39-26(43)14-41-25-6-4-19(42)13-22(25)28(40-41)30(34,35)36/h1-3,5,7-9,11-12,19,24,29,42,44H,4,6,10,13-14,37H2,(H,39,43)/t19-,24-,29?/m0/s1. The van der Waals surface area contributed by atoms with Crippen LogP contribution in [0.25, 0.3) is 11.1 Å². The summed E-state index contributed by atoms with van der Waals surface area (Å²) < 4.78 is 84.6. The van der Waals surface area contributed by atoms with Gasteiger partial charge in [-0.3, -0.25) is 14.5 Å². The van der Waals surface area contributed by atoms with Crippen LogP contribution in [0.3, 0.4) is 0 Å². The number of benzene rings is 2. The molecule has 5 rings (SSSR count). The van der Waals surface area contributed by atoms with E-state index in [1.165, 1.54) is 18.3 Å². The lowest BCUT2D eigenvalue weighted by atomic mass is 9.93. The Kier molecular flexibility index (Phi) is 8.77. The maximum Gasteiger partial charge on any atom is 0.435 e. The lowest BCUT2D eigenvalue weighted by Crippen LogP contribution is -2.34. The van der Waals surface area contributed by atoms with E-state index in [9.17, 15) is 41.4 Å². The first-order valence-electron chi connectivity index (χ1n) is 13.6. The van der Waals surface area contributed by atoms with Gasteiger partial charge in [-0.15, -0.1) is 0 Å². The molecule has 3 atom stereocenters. The molecule has 8 nitrogen and oxygen atoms in total. The van der Waals surface area contributed by atoms with Gasteiger partial charge in [0.2, 0.25) is 5.91 Å². The molecule has 1 aliphatic carbocycles. The number of fused-ring (bicyclic) bond motifs is 1. The average Bonchev–Trinajstić information content (AvgIpc) is 3.30. The molecule has 1 amide bonds. The molecule has 0 radical (unpaired) electrons. The monoisotopic (exact) mass is 619 g/mol. The fourth-order valence-corrected chi connectivity index (χ4v) is 5.46. The van der Waals surface area contributed by atoms with E-state index in [0.717, 1.165) is 22.9 Å².